The molecule has 4 atom stereocenters. The number of ether oxygens (including phenoxy) is 1. The van der Waals surface area contributed by atoms with E-state index in [2.05, 4.69) is 20.4 Å². The summed E-state index contributed by atoms with van der Waals surface area (Å²) >= 11 is 0. The summed E-state index contributed by atoms with van der Waals surface area (Å²) in [6.45, 7) is 1.47. The summed E-state index contributed by atoms with van der Waals surface area (Å²) in [5.74, 6) is 0.0898. The highest BCUT2D eigenvalue weighted by molar-refractivity contribution is 7.89. The maximum absolute atomic E-state index is 14.9. The van der Waals surface area contributed by atoms with E-state index < -0.39 is 33.9 Å². The molecule has 1 saturated heterocycles. The van der Waals surface area contributed by atoms with Gasteiger partial charge in [0.25, 0.3) is 0 Å². The zero-order chi connectivity index (χ0) is 23.8. The lowest BCUT2D eigenvalue weighted by Crippen LogP contribution is -2.50. The molecule has 0 unspecified atom stereocenters. The molecule has 3 heterocycles. The first kappa shape index (κ1) is 23.3. The van der Waals surface area contributed by atoms with Crippen LogP contribution in [-0.4, -0.2) is 74.6 Å². The summed E-state index contributed by atoms with van der Waals surface area (Å²) in [6, 6.07) is 1.24. The number of aliphatic hydroxyl groups is 1. The first-order chi connectivity index (χ1) is 15.6. The normalized spacial score (nSPS) is 28.4. The van der Waals surface area contributed by atoms with Crippen molar-refractivity contribution < 1.29 is 22.7 Å². The summed E-state index contributed by atoms with van der Waals surface area (Å²) in [7, 11) is -2.23. The maximum Gasteiger partial charge on any atom is 0.246 e. The third kappa shape index (κ3) is 4.78. The SMILES string of the molecule is Cn1cc(S(=O)(=O)N2CC[C@@H](Nc3ncc(C#N)c(O[C@@H]4CCC[C@]4(C)O)n3)[C@@H](F)C2)cn1. The van der Waals surface area contributed by atoms with E-state index in [1.807, 2.05) is 6.07 Å². The Morgan fingerprint density at radius 2 is 2.18 bits per heavy atom. The zero-order valence-electron chi connectivity index (χ0n) is 18.3. The lowest BCUT2D eigenvalue weighted by Gasteiger charge is -2.34. The Kier molecular flexibility index (Phi) is 6.26. The highest BCUT2D eigenvalue weighted by Crippen LogP contribution is 2.33. The van der Waals surface area contributed by atoms with Crippen molar-refractivity contribution in [2.75, 3.05) is 18.4 Å². The Labute approximate surface area is 191 Å². The van der Waals surface area contributed by atoms with Gasteiger partial charge in [-0.3, -0.25) is 4.68 Å². The van der Waals surface area contributed by atoms with Gasteiger partial charge in [-0.2, -0.15) is 19.6 Å². The molecule has 1 saturated carbocycles. The van der Waals surface area contributed by atoms with Crippen LogP contribution in [0.1, 0.15) is 38.2 Å². The molecule has 2 fully saturated rings. The molecule has 178 valence electrons. The van der Waals surface area contributed by atoms with Gasteiger partial charge >= 0.3 is 0 Å². The van der Waals surface area contributed by atoms with Crippen molar-refractivity contribution in [2.45, 2.75) is 61.4 Å². The fourth-order valence-corrected chi connectivity index (χ4v) is 5.59. The Hall–Kier alpha value is -2.82. The summed E-state index contributed by atoms with van der Waals surface area (Å²) in [5, 5.41) is 26.6. The smallest absolute Gasteiger partial charge is 0.246 e. The van der Waals surface area contributed by atoms with Crippen LogP contribution in [0, 0.1) is 11.3 Å². The van der Waals surface area contributed by atoms with Crippen molar-refractivity contribution in [1.29, 1.82) is 5.26 Å². The van der Waals surface area contributed by atoms with Crippen LogP contribution in [0.5, 0.6) is 5.88 Å². The number of nitrogens with one attached hydrogen (secondary N) is 1. The fraction of sp³-hybridized carbons (Fsp3) is 0.600. The second-order valence-corrected chi connectivity index (χ2v) is 10.6. The summed E-state index contributed by atoms with van der Waals surface area (Å²) in [4.78, 5) is 8.32. The summed E-state index contributed by atoms with van der Waals surface area (Å²) < 4.78 is 48.7. The molecular formula is C20H26FN7O4S. The molecule has 4 rings (SSSR count). The molecule has 1 aliphatic carbocycles. The predicted octanol–water partition coefficient (Wildman–Crippen LogP) is 0.977. The first-order valence-corrected chi connectivity index (χ1v) is 12.1. The minimum atomic E-state index is -3.84. The molecular weight excluding hydrogens is 453 g/mol. The summed E-state index contributed by atoms with van der Waals surface area (Å²) in [6.07, 6.45) is 4.06. The van der Waals surface area contributed by atoms with Crippen LogP contribution >= 0.6 is 0 Å². The topological polar surface area (TPSA) is 146 Å². The van der Waals surface area contributed by atoms with Gasteiger partial charge in [0.2, 0.25) is 21.9 Å². The monoisotopic (exact) mass is 479 g/mol. The van der Waals surface area contributed by atoms with E-state index in [1.165, 1.54) is 23.3 Å². The molecule has 0 bridgehead atoms. The minimum absolute atomic E-state index is 0.0172. The Bertz CT molecular complexity index is 1160. The number of hydrogen-bond acceptors (Lipinski definition) is 9. The van der Waals surface area contributed by atoms with E-state index in [0.29, 0.717) is 12.8 Å². The van der Waals surface area contributed by atoms with Crippen LogP contribution in [0.4, 0.5) is 10.3 Å². The average molecular weight is 480 g/mol. The van der Waals surface area contributed by atoms with Crippen molar-refractivity contribution in [3.05, 3.63) is 24.2 Å². The van der Waals surface area contributed by atoms with Crippen LogP contribution in [-0.2, 0) is 17.1 Å². The van der Waals surface area contributed by atoms with Gasteiger partial charge < -0.3 is 15.2 Å². The number of rotatable bonds is 6. The number of anilines is 1. The highest BCUT2D eigenvalue weighted by Gasteiger charge is 2.40. The van der Waals surface area contributed by atoms with Crippen LogP contribution in [0.2, 0.25) is 0 Å². The van der Waals surface area contributed by atoms with Gasteiger partial charge in [0.15, 0.2) is 0 Å². The van der Waals surface area contributed by atoms with Gasteiger partial charge in [-0.25, -0.2) is 17.8 Å². The Balaban J connectivity index is 1.45. The number of hydrogen-bond donors (Lipinski definition) is 2. The van der Waals surface area contributed by atoms with Crippen LogP contribution < -0.4 is 10.1 Å². The number of sulfonamides is 1. The molecule has 11 nitrogen and oxygen atoms in total. The van der Waals surface area contributed by atoms with Gasteiger partial charge in [-0.1, -0.05) is 0 Å². The van der Waals surface area contributed by atoms with Crippen molar-refractivity contribution >= 4 is 16.0 Å². The lowest BCUT2D eigenvalue weighted by atomic mass is 10.0. The predicted molar refractivity (Wildman–Crippen MR) is 115 cm³/mol. The van der Waals surface area contributed by atoms with Crippen LogP contribution in [0.25, 0.3) is 0 Å². The van der Waals surface area contributed by atoms with E-state index in [0.717, 1.165) is 10.7 Å². The van der Waals surface area contributed by atoms with Crippen LogP contribution in [0.15, 0.2) is 23.5 Å². The van der Waals surface area contributed by atoms with E-state index in [9.17, 15) is 23.2 Å². The molecule has 2 aromatic rings. The van der Waals surface area contributed by atoms with Gasteiger partial charge in [0.05, 0.1) is 24.0 Å². The number of aromatic nitrogens is 4. The number of piperidine rings is 1. The highest BCUT2D eigenvalue weighted by atomic mass is 32.2. The second-order valence-electron chi connectivity index (χ2n) is 8.65. The van der Waals surface area contributed by atoms with Gasteiger partial charge in [0, 0.05) is 26.3 Å². The number of alkyl halides is 1. The zero-order valence-corrected chi connectivity index (χ0v) is 19.2. The third-order valence-corrected chi connectivity index (χ3v) is 7.93. The number of nitriles is 1. The molecule has 33 heavy (non-hydrogen) atoms. The first-order valence-electron chi connectivity index (χ1n) is 10.7. The van der Waals surface area contributed by atoms with Gasteiger partial charge in [-0.15, -0.1) is 0 Å². The molecule has 2 N–H and O–H groups in total. The van der Waals surface area contributed by atoms with Crippen molar-refractivity contribution in [1.82, 2.24) is 24.1 Å². The molecule has 0 spiro atoms. The maximum atomic E-state index is 14.9. The lowest BCUT2D eigenvalue weighted by molar-refractivity contribution is -0.0271. The quantitative estimate of drug-likeness (QED) is 0.619. The third-order valence-electron chi connectivity index (χ3n) is 6.11. The number of aryl methyl sites for hydroxylation is 1. The molecule has 13 heteroatoms. The number of nitrogens with zero attached hydrogens (tertiary/aromatic N) is 6. The molecule has 2 aliphatic rings. The average Bonchev–Trinajstić information content (AvgIpc) is 3.35. The van der Waals surface area contributed by atoms with E-state index in [1.54, 1.807) is 14.0 Å². The van der Waals surface area contributed by atoms with Crippen molar-refractivity contribution in [2.24, 2.45) is 7.05 Å². The largest absolute Gasteiger partial charge is 0.470 e. The van der Waals surface area contributed by atoms with Crippen LogP contribution in [0.3, 0.4) is 0 Å². The van der Waals surface area contributed by atoms with Gasteiger partial charge in [0.1, 0.15) is 28.8 Å². The minimum Gasteiger partial charge on any atom is -0.470 e. The van der Waals surface area contributed by atoms with E-state index in [-0.39, 0.29) is 41.8 Å². The molecule has 0 aromatic carbocycles. The Morgan fingerprint density at radius 1 is 1.39 bits per heavy atom. The van der Waals surface area contributed by atoms with E-state index in [4.69, 9.17) is 4.74 Å². The van der Waals surface area contributed by atoms with Crippen molar-refractivity contribution in [3.63, 3.8) is 0 Å². The number of halogens is 1. The standard InChI is InChI=1S/C20H26FN7O4S/c1-20(29)6-3-4-17(20)32-18-13(8-22)9-23-19(26-18)25-16-5-7-28(12-15(16)21)33(30,31)14-10-24-27(2)11-14/h9-11,15-17,29H,3-7,12H2,1-2H3,(H,23,25,26)/t15-,16+,17+,20-/m0/s1. The molecule has 1 aliphatic heterocycles. The molecule has 2 aromatic heterocycles. The Morgan fingerprint density at radius 3 is 2.79 bits per heavy atom. The second kappa shape index (κ2) is 8.85. The summed E-state index contributed by atoms with van der Waals surface area (Å²) in [5.41, 5.74) is -0.917. The molecule has 0 amide bonds. The van der Waals surface area contributed by atoms with Crippen molar-refractivity contribution in [3.8, 4) is 11.9 Å². The fourth-order valence-electron chi connectivity index (χ4n) is 4.14. The van der Waals surface area contributed by atoms with Gasteiger partial charge in [-0.05, 0) is 32.6 Å². The van der Waals surface area contributed by atoms with E-state index >= 15 is 0 Å². The molecule has 0 radical (unpaired) electrons.